The number of benzene rings is 1. The van der Waals surface area contributed by atoms with Gasteiger partial charge < -0.3 is 19.5 Å². The topological polar surface area (TPSA) is 73.9 Å². The molecule has 6 nitrogen and oxygen atoms in total. The summed E-state index contributed by atoms with van der Waals surface area (Å²) in [7, 11) is 0. The molecule has 2 aromatic rings. The second kappa shape index (κ2) is 7.11. The van der Waals surface area contributed by atoms with Crippen LogP contribution < -0.4 is 14.8 Å². The van der Waals surface area contributed by atoms with Crippen molar-refractivity contribution in [1.29, 1.82) is 0 Å². The van der Waals surface area contributed by atoms with Crippen molar-refractivity contribution in [2.45, 2.75) is 19.6 Å². The van der Waals surface area contributed by atoms with Gasteiger partial charge in [0, 0.05) is 4.88 Å². The van der Waals surface area contributed by atoms with E-state index in [-0.39, 0.29) is 23.3 Å². The Labute approximate surface area is 147 Å². The van der Waals surface area contributed by atoms with Crippen molar-refractivity contribution in [3.63, 3.8) is 0 Å². The first kappa shape index (κ1) is 16.6. The Hall–Kier alpha value is -2.25. The molecule has 0 bridgehead atoms. The summed E-state index contributed by atoms with van der Waals surface area (Å²) in [5, 5.41) is 4.90. The molecule has 1 amide bonds. The van der Waals surface area contributed by atoms with Crippen LogP contribution >= 0.6 is 22.9 Å². The molecular formula is C16H14ClNO5S. The molecule has 1 aromatic carbocycles. The molecular weight excluding hydrogens is 354 g/mol. The summed E-state index contributed by atoms with van der Waals surface area (Å²) in [4.78, 5) is 25.2. The summed E-state index contributed by atoms with van der Waals surface area (Å²) in [5.74, 6) is -0.253. The number of esters is 1. The monoisotopic (exact) mass is 367 g/mol. The van der Waals surface area contributed by atoms with Crippen molar-refractivity contribution in [1.82, 2.24) is 5.32 Å². The van der Waals surface area contributed by atoms with Crippen LogP contribution in [-0.2, 0) is 16.1 Å². The van der Waals surface area contributed by atoms with Crippen molar-refractivity contribution < 1.29 is 23.8 Å². The third-order valence-electron chi connectivity index (χ3n) is 3.33. The number of fused-ring (bicyclic) bond motifs is 1. The highest BCUT2D eigenvalue weighted by Crippen LogP contribution is 2.39. The molecule has 1 aromatic heterocycles. The smallest absolute Gasteiger partial charge is 0.339 e. The Kier molecular flexibility index (Phi) is 4.92. The largest absolute Gasteiger partial charge is 0.454 e. The maximum absolute atomic E-state index is 12.2. The van der Waals surface area contributed by atoms with Crippen LogP contribution in [0.3, 0.4) is 0 Å². The maximum Gasteiger partial charge on any atom is 0.339 e. The van der Waals surface area contributed by atoms with E-state index in [0.717, 1.165) is 4.88 Å². The number of hydrogen-bond donors (Lipinski definition) is 1. The molecule has 1 N–H and O–H groups in total. The molecule has 1 aliphatic heterocycles. The lowest BCUT2D eigenvalue weighted by Gasteiger charge is -2.13. The van der Waals surface area contributed by atoms with Gasteiger partial charge in [0.05, 0.1) is 17.1 Å². The van der Waals surface area contributed by atoms with Gasteiger partial charge in [0.15, 0.2) is 17.6 Å². The van der Waals surface area contributed by atoms with Crippen LogP contribution in [0.5, 0.6) is 11.5 Å². The van der Waals surface area contributed by atoms with Gasteiger partial charge in [-0.15, -0.1) is 11.3 Å². The summed E-state index contributed by atoms with van der Waals surface area (Å²) >= 11 is 7.57. The number of carbonyl (C=O) groups is 2. The normalized spacial score (nSPS) is 13.4. The number of ether oxygens (including phenoxy) is 3. The molecule has 0 unspecified atom stereocenters. The number of thiophene rings is 1. The molecule has 0 fully saturated rings. The minimum absolute atomic E-state index is 0.0507. The minimum Gasteiger partial charge on any atom is -0.454 e. The highest BCUT2D eigenvalue weighted by atomic mass is 35.5. The standard InChI is InChI=1S/C16H14ClNO5S/c1-9(15(19)18-7-11-3-2-4-24-11)23-16(20)10-5-12(17)14-13(6-10)21-8-22-14/h2-6,9H,7-8H2,1H3,(H,18,19)/t9-/m0/s1. The van der Waals surface area contributed by atoms with Gasteiger partial charge in [-0.1, -0.05) is 17.7 Å². The van der Waals surface area contributed by atoms with Gasteiger partial charge in [0.2, 0.25) is 6.79 Å². The minimum atomic E-state index is -0.929. The van der Waals surface area contributed by atoms with E-state index in [1.165, 1.54) is 30.4 Å². The Balaban J connectivity index is 1.59. The molecule has 126 valence electrons. The average molecular weight is 368 g/mol. The number of amides is 1. The molecule has 3 rings (SSSR count). The lowest BCUT2D eigenvalue weighted by molar-refractivity contribution is -0.129. The molecule has 0 saturated carbocycles. The van der Waals surface area contributed by atoms with Crippen LogP contribution in [0.4, 0.5) is 0 Å². The highest BCUT2D eigenvalue weighted by molar-refractivity contribution is 7.09. The Morgan fingerprint density at radius 1 is 1.42 bits per heavy atom. The van der Waals surface area contributed by atoms with Crippen LogP contribution in [0.25, 0.3) is 0 Å². The predicted octanol–water partition coefficient (Wildman–Crippen LogP) is 2.99. The molecule has 0 spiro atoms. The van der Waals surface area contributed by atoms with E-state index in [1.54, 1.807) is 0 Å². The number of hydrogen-bond acceptors (Lipinski definition) is 6. The van der Waals surface area contributed by atoms with Crippen LogP contribution in [0.2, 0.25) is 5.02 Å². The molecule has 1 aliphatic rings. The second-order valence-electron chi connectivity index (χ2n) is 5.04. The van der Waals surface area contributed by atoms with Gasteiger partial charge in [0.1, 0.15) is 0 Å². The average Bonchev–Trinajstić information content (AvgIpc) is 3.23. The van der Waals surface area contributed by atoms with E-state index in [0.29, 0.717) is 18.0 Å². The Bertz CT molecular complexity index is 762. The van der Waals surface area contributed by atoms with Gasteiger partial charge in [-0.05, 0) is 30.5 Å². The van der Waals surface area contributed by atoms with Crippen molar-refractivity contribution in [3.8, 4) is 11.5 Å². The first-order chi connectivity index (χ1) is 11.5. The molecule has 2 heterocycles. The zero-order valence-corrected chi connectivity index (χ0v) is 14.3. The van der Waals surface area contributed by atoms with Gasteiger partial charge in [-0.3, -0.25) is 4.79 Å². The number of halogens is 1. The molecule has 0 aliphatic carbocycles. The van der Waals surface area contributed by atoms with E-state index >= 15 is 0 Å². The van der Waals surface area contributed by atoms with Crippen LogP contribution in [0.1, 0.15) is 22.2 Å². The fraction of sp³-hybridized carbons (Fsp3) is 0.250. The zero-order chi connectivity index (χ0) is 17.1. The third kappa shape index (κ3) is 3.63. The maximum atomic E-state index is 12.2. The van der Waals surface area contributed by atoms with Crippen LogP contribution in [0, 0.1) is 0 Å². The van der Waals surface area contributed by atoms with Gasteiger partial charge in [0.25, 0.3) is 5.91 Å². The second-order valence-corrected chi connectivity index (χ2v) is 6.48. The number of rotatable bonds is 5. The quantitative estimate of drug-likeness (QED) is 0.822. The summed E-state index contributed by atoms with van der Waals surface area (Å²) in [5.41, 5.74) is 0.196. The Morgan fingerprint density at radius 2 is 2.25 bits per heavy atom. The fourth-order valence-electron chi connectivity index (χ4n) is 2.10. The first-order valence-electron chi connectivity index (χ1n) is 7.15. The SMILES string of the molecule is C[C@H](OC(=O)c1cc(Cl)c2c(c1)OCO2)C(=O)NCc1cccs1. The summed E-state index contributed by atoms with van der Waals surface area (Å²) in [6, 6.07) is 6.72. The van der Waals surface area contributed by atoms with Crippen molar-refractivity contribution in [2.75, 3.05) is 6.79 Å². The van der Waals surface area contributed by atoms with E-state index in [2.05, 4.69) is 5.32 Å². The lowest BCUT2D eigenvalue weighted by Crippen LogP contribution is -2.35. The molecule has 1 atom stereocenters. The van der Waals surface area contributed by atoms with Crippen LogP contribution in [-0.4, -0.2) is 24.8 Å². The molecule has 24 heavy (non-hydrogen) atoms. The van der Waals surface area contributed by atoms with Crippen molar-refractivity contribution >= 4 is 34.8 Å². The molecule has 0 radical (unpaired) electrons. The third-order valence-corrected chi connectivity index (χ3v) is 4.49. The lowest BCUT2D eigenvalue weighted by atomic mass is 10.2. The molecule has 0 saturated heterocycles. The first-order valence-corrected chi connectivity index (χ1v) is 8.40. The predicted molar refractivity (Wildman–Crippen MR) is 88.6 cm³/mol. The van der Waals surface area contributed by atoms with E-state index in [9.17, 15) is 9.59 Å². The van der Waals surface area contributed by atoms with E-state index in [4.69, 9.17) is 25.8 Å². The Morgan fingerprint density at radius 3 is 3.00 bits per heavy atom. The van der Waals surface area contributed by atoms with Crippen molar-refractivity contribution in [3.05, 3.63) is 45.1 Å². The summed E-state index contributed by atoms with van der Waals surface area (Å²) in [6.45, 7) is 1.96. The summed E-state index contributed by atoms with van der Waals surface area (Å²) in [6.07, 6.45) is -0.929. The van der Waals surface area contributed by atoms with Gasteiger partial charge in [-0.25, -0.2) is 4.79 Å². The van der Waals surface area contributed by atoms with Crippen LogP contribution in [0.15, 0.2) is 29.6 Å². The van der Waals surface area contributed by atoms with Gasteiger partial charge >= 0.3 is 5.97 Å². The van der Waals surface area contributed by atoms with E-state index in [1.807, 2.05) is 17.5 Å². The molecule has 8 heteroatoms. The number of nitrogens with one attached hydrogen (secondary N) is 1. The van der Waals surface area contributed by atoms with Gasteiger partial charge in [-0.2, -0.15) is 0 Å². The zero-order valence-electron chi connectivity index (χ0n) is 12.7. The highest BCUT2D eigenvalue weighted by Gasteiger charge is 2.24. The number of carbonyl (C=O) groups excluding carboxylic acids is 2. The summed E-state index contributed by atoms with van der Waals surface area (Å²) < 4.78 is 15.6. The van der Waals surface area contributed by atoms with E-state index < -0.39 is 12.1 Å². The fourth-order valence-corrected chi connectivity index (χ4v) is 3.01. The van der Waals surface area contributed by atoms with Crippen molar-refractivity contribution in [2.24, 2.45) is 0 Å².